The Morgan fingerprint density at radius 1 is 1.11 bits per heavy atom. The number of nitrogens with zero attached hydrogens (tertiary/aromatic N) is 2. The maximum Gasteiger partial charge on any atom is 0.317 e. The predicted octanol–water partition coefficient (Wildman–Crippen LogP) is -0.344. The maximum absolute atomic E-state index is 11.4. The highest BCUT2D eigenvalue weighted by molar-refractivity contribution is 7.91. The van der Waals surface area contributed by atoms with Gasteiger partial charge in [0.1, 0.15) is 9.84 Å². The van der Waals surface area contributed by atoms with E-state index in [1.807, 2.05) is 4.90 Å². The summed E-state index contributed by atoms with van der Waals surface area (Å²) in [5.74, 6) is -0.183. The Labute approximate surface area is 114 Å². The van der Waals surface area contributed by atoms with Crippen LogP contribution in [0.5, 0.6) is 0 Å². The van der Waals surface area contributed by atoms with Crippen LogP contribution in [0.15, 0.2) is 0 Å². The lowest BCUT2D eigenvalue weighted by atomic mass is 10.1. The highest BCUT2D eigenvalue weighted by Crippen LogP contribution is 2.19. The van der Waals surface area contributed by atoms with E-state index in [0.29, 0.717) is 17.5 Å². The molecule has 0 spiro atoms. The molecule has 2 fully saturated rings. The third kappa shape index (κ3) is 4.43. The van der Waals surface area contributed by atoms with Gasteiger partial charge in [0.25, 0.3) is 0 Å². The second-order valence-corrected chi connectivity index (χ2v) is 7.75. The van der Waals surface area contributed by atoms with Gasteiger partial charge in [0.2, 0.25) is 0 Å². The lowest BCUT2D eigenvalue weighted by Crippen LogP contribution is -2.43. The maximum atomic E-state index is 11.4. The van der Waals surface area contributed by atoms with E-state index in [9.17, 15) is 13.2 Å². The van der Waals surface area contributed by atoms with Gasteiger partial charge in [-0.25, -0.2) is 8.42 Å². The van der Waals surface area contributed by atoms with E-state index in [1.54, 1.807) is 0 Å². The molecule has 0 aromatic heterocycles. The first-order valence-corrected chi connectivity index (χ1v) is 8.67. The van der Waals surface area contributed by atoms with Gasteiger partial charge in [0, 0.05) is 25.7 Å². The first-order valence-electron chi connectivity index (χ1n) is 6.85. The second kappa shape index (κ2) is 6.19. The molecule has 6 nitrogen and oxygen atoms in total. The van der Waals surface area contributed by atoms with Crippen molar-refractivity contribution in [2.45, 2.75) is 25.3 Å². The molecule has 0 bridgehead atoms. The number of aliphatic carboxylic acids is 1. The quantitative estimate of drug-likeness (QED) is 0.766. The van der Waals surface area contributed by atoms with E-state index in [1.165, 1.54) is 0 Å². The van der Waals surface area contributed by atoms with Crippen molar-refractivity contribution in [3.05, 3.63) is 0 Å². The van der Waals surface area contributed by atoms with Gasteiger partial charge in [-0.05, 0) is 25.8 Å². The zero-order valence-electron chi connectivity index (χ0n) is 11.1. The summed E-state index contributed by atoms with van der Waals surface area (Å²) in [5.41, 5.74) is 0. The van der Waals surface area contributed by atoms with Crippen molar-refractivity contribution in [1.29, 1.82) is 0 Å². The minimum atomic E-state index is -2.80. The number of hydrogen-bond donors (Lipinski definition) is 1. The third-order valence-corrected chi connectivity index (χ3v) is 5.74. The van der Waals surface area contributed by atoms with Gasteiger partial charge in [-0.15, -0.1) is 0 Å². The molecule has 1 N–H and O–H groups in total. The largest absolute Gasteiger partial charge is 0.480 e. The topological polar surface area (TPSA) is 77.9 Å². The Kier molecular flexibility index (Phi) is 4.81. The summed E-state index contributed by atoms with van der Waals surface area (Å²) in [6, 6.07) is 0.355. The van der Waals surface area contributed by atoms with E-state index >= 15 is 0 Å². The first-order chi connectivity index (χ1) is 8.96. The molecule has 2 saturated heterocycles. The molecule has 2 aliphatic rings. The molecule has 0 amide bonds. The van der Waals surface area contributed by atoms with E-state index in [4.69, 9.17) is 5.11 Å². The lowest BCUT2D eigenvalue weighted by molar-refractivity contribution is -0.138. The number of hydrogen-bond acceptors (Lipinski definition) is 5. The molecule has 19 heavy (non-hydrogen) atoms. The van der Waals surface area contributed by atoms with Gasteiger partial charge in [0.15, 0.2) is 0 Å². The zero-order valence-corrected chi connectivity index (χ0v) is 11.9. The SMILES string of the molecule is O=C(O)CN1CCCN(C2CCS(=O)(=O)CC2)CC1. The van der Waals surface area contributed by atoms with Gasteiger partial charge < -0.3 is 5.11 Å². The fourth-order valence-corrected chi connectivity index (χ4v) is 4.41. The van der Waals surface area contributed by atoms with E-state index in [2.05, 4.69) is 4.90 Å². The van der Waals surface area contributed by atoms with Crippen LogP contribution in [0.1, 0.15) is 19.3 Å². The first kappa shape index (κ1) is 14.7. The van der Waals surface area contributed by atoms with Crippen molar-refractivity contribution < 1.29 is 18.3 Å². The highest BCUT2D eigenvalue weighted by atomic mass is 32.2. The van der Waals surface area contributed by atoms with Crippen molar-refractivity contribution in [3.63, 3.8) is 0 Å². The molecule has 0 unspecified atom stereocenters. The third-order valence-electron chi connectivity index (χ3n) is 4.02. The van der Waals surface area contributed by atoms with Crippen LogP contribution in [0.25, 0.3) is 0 Å². The molecule has 0 radical (unpaired) electrons. The fraction of sp³-hybridized carbons (Fsp3) is 0.917. The van der Waals surface area contributed by atoms with Gasteiger partial charge in [-0.3, -0.25) is 14.6 Å². The Morgan fingerprint density at radius 3 is 2.42 bits per heavy atom. The van der Waals surface area contributed by atoms with Crippen LogP contribution in [-0.4, -0.2) is 79.6 Å². The number of carboxylic acids is 1. The van der Waals surface area contributed by atoms with Gasteiger partial charge in [-0.2, -0.15) is 0 Å². The molecular formula is C12H22N2O4S. The van der Waals surface area contributed by atoms with Gasteiger partial charge in [-0.1, -0.05) is 0 Å². The summed E-state index contributed by atoms with van der Waals surface area (Å²) >= 11 is 0. The van der Waals surface area contributed by atoms with Crippen molar-refractivity contribution in [2.75, 3.05) is 44.2 Å². The molecule has 0 saturated carbocycles. The fourth-order valence-electron chi connectivity index (χ4n) is 2.95. The van der Waals surface area contributed by atoms with Crippen LogP contribution in [0, 0.1) is 0 Å². The van der Waals surface area contributed by atoms with Crippen molar-refractivity contribution >= 4 is 15.8 Å². The average Bonchev–Trinajstić information content (AvgIpc) is 2.54. The number of sulfone groups is 1. The molecule has 7 heteroatoms. The van der Waals surface area contributed by atoms with Crippen LogP contribution >= 0.6 is 0 Å². The molecule has 2 heterocycles. The molecule has 0 aromatic rings. The standard InChI is InChI=1S/C12H22N2O4S/c15-12(16)10-13-4-1-5-14(7-6-13)11-2-8-19(17,18)9-3-11/h11H,1-10H2,(H,15,16). The smallest absolute Gasteiger partial charge is 0.317 e. The van der Waals surface area contributed by atoms with Crippen LogP contribution in [0.2, 0.25) is 0 Å². The van der Waals surface area contributed by atoms with E-state index in [-0.39, 0.29) is 6.54 Å². The molecule has 0 aromatic carbocycles. The van der Waals surface area contributed by atoms with Crippen LogP contribution < -0.4 is 0 Å². The Morgan fingerprint density at radius 2 is 1.79 bits per heavy atom. The molecule has 2 aliphatic heterocycles. The van der Waals surface area contributed by atoms with E-state index < -0.39 is 15.8 Å². The number of carboxylic acid groups (broad SMARTS) is 1. The molecule has 0 atom stereocenters. The second-order valence-electron chi connectivity index (χ2n) is 5.44. The molecule has 2 rings (SSSR count). The van der Waals surface area contributed by atoms with Gasteiger partial charge >= 0.3 is 5.97 Å². The van der Waals surface area contributed by atoms with Crippen molar-refractivity contribution in [2.24, 2.45) is 0 Å². The summed E-state index contributed by atoms with van der Waals surface area (Å²) < 4.78 is 22.9. The summed E-state index contributed by atoms with van der Waals surface area (Å²) in [6.45, 7) is 3.47. The Hall–Kier alpha value is -0.660. The zero-order chi connectivity index (χ0) is 13.9. The lowest BCUT2D eigenvalue weighted by Gasteiger charge is -2.33. The van der Waals surface area contributed by atoms with E-state index in [0.717, 1.165) is 45.4 Å². The predicted molar refractivity (Wildman–Crippen MR) is 71.9 cm³/mol. The monoisotopic (exact) mass is 290 g/mol. The molecule has 110 valence electrons. The van der Waals surface area contributed by atoms with Crippen LogP contribution in [0.3, 0.4) is 0 Å². The summed E-state index contributed by atoms with van der Waals surface area (Å²) in [6.07, 6.45) is 2.40. The van der Waals surface area contributed by atoms with Crippen LogP contribution in [-0.2, 0) is 14.6 Å². The number of carbonyl (C=O) groups is 1. The molecular weight excluding hydrogens is 268 g/mol. The minimum Gasteiger partial charge on any atom is -0.480 e. The summed E-state index contributed by atoms with van der Waals surface area (Å²) in [4.78, 5) is 15.0. The summed E-state index contributed by atoms with van der Waals surface area (Å²) in [5, 5.41) is 8.81. The van der Waals surface area contributed by atoms with Crippen molar-refractivity contribution in [3.8, 4) is 0 Å². The normalized spacial score (nSPS) is 26.9. The Bertz CT molecular complexity index is 409. The Balaban J connectivity index is 1.84. The average molecular weight is 290 g/mol. The highest BCUT2D eigenvalue weighted by Gasteiger charge is 2.29. The van der Waals surface area contributed by atoms with Gasteiger partial charge in [0.05, 0.1) is 18.1 Å². The summed E-state index contributed by atoms with van der Waals surface area (Å²) in [7, 11) is -2.80. The van der Waals surface area contributed by atoms with Crippen molar-refractivity contribution in [1.82, 2.24) is 9.80 Å². The van der Waals surface area contributed by atoms with Crippen LogP contribution in [0.4, 0.5) is 0 Å². The number of rotatable bonds is 3. The minimum absolute atomic E-state index is 0.104. The molecule has 0 aliphatic carbocycles.